The Morgan fingerprint density at radius 1 is 1.35 bits per heavy atom. The van der Waals surface area contributed by atoms with E-state index in [-0.39, 0.29) is 6.54 Å². The second-order valence-electron chi connectivity index (χ2n) is 4.52. The Balaban J connectivity index is 2.12. The van der Waals surface area contributed by atoms with Gasteiger partial charge in [0.1, 0.15) is 4.21 Å². The zero-order valence-corrected chi connectivity index (χ0v) is 12.7. The Hall–Kier alpha value is -1.08. The van der Waals surface area contributed by atoms with Crippen molar-refractivity contribution in [2.45, 2.75) is 16.7 Å². The maximum atomic E-state index is 12.6. The number of nitrogens with zero attached hydrogens (tertiary/aromatic N) is 1. The average Bonchev–Trinajstić information content (AvgIpc) is 2.94. The fourth-order valence-electron chi connectivity index (χ4n) is 2.30. The van der Waals surface area contributed by atoms with E-state index < -0.39 is 16.1 Å². The molecule has 106 valence electrons. The number of aliphatic hydroxyl groups excluding tert-OH is 1. The highest BCUT2D eigenvalue weighted by molar-refractivity contribution is 7.94. The van der Waals surface area contributed by atoms with E-state index in [0.717, 1.165) is 0 Å². The molecule has 2 heterocycles. The van der Waals surface area contributed by atoms with Crippen molar-refractivity contribution < 1.29 is 13.5 Å². The van der Waals surface area contributed by atoms with Crippen LogP contribution in [0.3, 0.4) is 0 Å². The van der Waals surface area contributed by atoms with E-state index in [1.54, 1.807) is 35.7 Å². The van der Waals surface area contributed by atoms with Gasteiger partial charge in [-0.1, -0.05) is 17.7 Å². The number of thiophene rings is 1. The summed E-state index contributed by atoms with van der Waals surface area (Å²) in [5, 5.41) is 12.2. The first-order chi connectivity index (χ1) is 9.50. The summed E-state index contributed by atoms with van der Waals surface area (Å²) >= 11 is 7.11. The monoisotopic (exact) mass is 329 g/mol. The third-order valence-electron chi connectivity index (χ3n) is 3.26. The van der Waals surface area contributed by atoms with Gasteiger partial charge in [-0.05, 0) is 36.1 Å². The van der Waals surface area contributed by atoms with Crippen molar-refractivity contribution >= 4 is 38.6 Å². The van der Waals surface area contributed by atoms with Crippen molar-refractivity contribution in [2.24, 2.45) is 0 Å². The number of hydrogen-bond donors (Lipinski definition) is 1. The minimum Gasteiger partial charge on any atom is -0.388 e. The first-order valence-corrected chi connectivity index (χ1v) is 8.73. The molecule has 0 radical (unpaired) electrons. The van der Waals surface area contributed by atoms with Gasteiger partial charge in [0.2, 0.25) is 0 Å². The number of sulfonamides is 1. The molecular weight excluding hydrogens is 318 g/mol. The standard InChI is InChI=1S/C13H12ClNO3S2/c14-9-3-4-11-10(8-9)12(16)5-6-15(11)20(17,18)13-2-1-7-19-13/h1-4,7-8,12,16H,5-6H2. The Bertz CT molecular complexity index is 728. The molecule has 1 aromatic heterocycles. The molecule has 1 aliphatic heterocycles. The van der Waals surface area contributed by atoms with Crippen LogP contribution in [0.1, 0.15) is 18.1 Å². The first-order valence-electron chi connectivity index (χ1n) is 6.04. The van der Waals surface area contributed by atoms with Gasteiger partial charge in [0.05, 0.1) is 11.8 Å². The van der Waals surface area contributed by atoms with Crippen LogP contribution in [0.25, 0.3) is 0 Å². The Morgan fingerprint density at radius 2 is 2.15 bits per heavy atom. The van der Waals surface area contributed by atoms with Gasteiger partial charge in [-0.2, -0.15) is 0 Å². The summed E-state index contributed by atoms with van der Waals surface area (Å²) in [6.07, 6.45) is -0.323. The predicted molar refractivity (Wildman–Crippen MR) is 79.9 cm³/mol. The smallest absolute Gasteiger partial charge is 0.273 e. The van der Waals surface area contributed by atoms with Gasteiger partial charge >= 0.3 is 0 Å². The molecule has 1 aliphatic rings. The third-order valence-corrected chi connectivity index (χ3v) is 6.68. The van der Waals surface area contributed by atoms with Crippen LogP contribution >= 0.6 is 22.9 Å². The van der Waals surface area contributed by atoms with Crippen molar-refractivity contribution in [3.05, 3.63) is 46.3 Å². The number of hydrogen-bond acceptors (Lipinski definition) is 4. The minimum absolute atomic E-state index is 0.260. The van der Waals surface area contributed by atoms with Gasteiger partial charge in [-0.3, -0.25) is 4.31 Å². The molecule has 0 amide bonds. The van der Waals surface area contributed by atoms with Gasteiger partial charge in [-0.25, -0.2) is 8.42 Å². The van der Waals surface area contributed by atoms with Gasteiger partial charge in [0.15, 0.2) is 0 Å². The van der Waals surface area contributed by atoms with Crippen molar-refractivity contribution in [1.82, 2.24) is 0 Å². The van der Waals surface area contributed by atoms with Gasteiger partial charge in [0, 0.05) is 17.1 Å². The number of benzene rings is 1. The van der Waals surface area contributed by atoms with Crippen LogP contribution in [-0.2, 0) is 10.0 Å². The molecule has 4 nitrogen and oxygen atoms in total. The van der Waals surface area contributed by atoms with Crippen LogP contribution in [0.5, 0.6) is 0 Å². The third kappa shape index (κ3) is 2.22. The molecule has 2 aromatic rings. The van der Waals surface area contributed by atoms with Crippen molar-refractivity contribution in [2.75, 3.05) is 10.8 Å². The molecule has 1 aromatic carbocycles. The predicted octanol–water partition coefficient (Wildman–Crippen LogP) is 3.03. The lowest BCUT2D eigenvalue weighted by atomic mass is 10.0. The topological polar surface area (TPSA) is 57.6 Å². The molecule has 0 spiro atoms. The van der Waals surface area contributed by atoms with Crippen molar-refractivity contribution in [3.63, 3.8) is 0 Å². The molecule has 1 unspecified atom stereocenters. The normalized spacial score (nSPS) is 18.9. The first kappa shape index (κ1) is 13.9. The van der Waals surface area contributed by atoms with E-state index >= 15 is 0 Å². The second-order valence-corrected chi connectivity index (χ2v) is 7.99. The van der Waals surface area contributed by atoms with Crippen LogP contribution in [0.4, 0.5) is 5.69 Å². The Kier molecular flexibility index (Phi) is 3.50. The molecule has 1 atom stereocenters. The van der Waals surface area contributed by atoms with E-state index in [2.05, 4.69) is 0 Å². The second kappa shape index (κ2) is 5.04. The van der Waals surface area contributed by atoms with Crippen molar-refractivity contribution in [3.8, 4) is 0 Å². The average molecular weight is 330 g/mol. The highest BCUT2D eigenvalue weighted by Crippen LogP contribution is 2.38. The molecule has 0 saturated heterocycles. The Morgan fingerprint density at radius 3 is 2.85 bits per heavy atom. The molecule has 1 N–H and O–H groups in total. The number of rotatable bonds is 2. The number of halogens is 1. The summed E-state index contributed by atoms with van der Waals surface area (Å²) in [6.45, 7) is 0.260. The quantitative estimate of drug-likeness (QED) is 0.921. The lowest BCUT2D eigenvalue weighted by Crippen LogP contribution is -2.36. The van der Waals surface area contributed by atoms with Crippen LogP contribution in [-0.4, -0.2) is 20.1 Å². The largest absolute Gasteiger partial charge is 0.388 e. The fourth-order valence-corrected chi connectivity index (χ4v) is 5.09. The summed E-state index contributed by atoms with van der Waals surface area (Å²) in [5.41, 5.74) is 1.06. The van der Waals surface area contributed by atoms with E-state index in [4.69, 9.17) is 11.6 Å². The van der Waals surface area contributed by atoms with Crippen molar-refractivity contribution in [1.29, 1.82) is 0 Å². The summed E-state index contributed by atoms with van der Waals surface area (Å²) in [5.74, 6) is 0. The van der Waals surface area contributed by atoms with Crippen LogP contribution < -0.4 is 4.31 Å². The fraction of sp³-hybridized carbons (Fsp3) is 0.231. The van der Waals surface area contributed by atoms with Gasteiger partial charge in [0.25, 0.3) is 10.0 Å². The highest BCUT2D eigenvalue weighted by atomic mass is 35.5. The molecule has 0 bridgehead atoms. The summed E-state index contributed by atoms with van der Waals surface area (Å²) in [7, 11) is -3.57. The maximum Gasteiger partial charge on any atom is 0.273 e. The molecule has 7 heteroatoms. The molecule has 3 rings (SSSR count). The van der Waals surface area contributed by atoms with Crippen LogP contribution in [0, 0.1) is 0 Å². The minimum atomic E-state index is -3.57. The van der Waals surface area contributed by atoms with Crippen LogP contribution in [0.15, 0.2) is 39.9 Å². The van der Waals surface area contributed by atoms with Crippen LogP contribution in [0.2, 0.25) is 5.02 Å². The molecule has 0 saturated carbocycles. The van der Waals surface area contributed by atoms with E-state index in [1.165, 1.54) is 15.6 Å². The van der Waals surface area contributed by atoms with E-state index in [9.17, 15) is 13.5 Å². The highest BCUT2D eigenvalue weighted by Gasteiger charge is 2.33. The molecule has 20 heavy (non-hydrogen) atoms. The lowest BCUT2D eigenvalue weighted by molar-refractivity contribution is 0.166. The summed E-state index contributed by atoms with van der Waals surface area (Å²) in [6, 6.07) is 8.19. The van der Waals surface area contributed by atoms with E-state index in [0.29, 0.717) is 26.9 Å². The summed E-state index contributed by atoms with van der Waals surface area (Å²) in [4.78, 5) is 0. The number of anilines is 1. The lowest BCUT2D eigenvalue weighted by Gasteiger charge is -2.32. The zero-order chi connectivity index (χ0) is 14.3. The maximum absolute atomic E-state index is 12.6. The zero-order valence-electron chi connectivity index (χ0n) is 10.4. The van der Waals surface area contributed by atoms with Gasteiger partial charge < -0.3 is 5.11 Å². The molecule has 0 aliphatic carbocycles. The number of aliphatic hydroxyl groups is 1. The molecule has 0 fully saturated rings. The summed E-state index contributed by atoms with van der Waals surface area (Å²) < 4.78 is 26.9. The number of fused-ring (bicyclic) bond motifs is 1. The Labute approximate surface area is 126 Å². The SMILES string of the molecule is O=S(=O)(c1cccs1)N1CCC(O)c2cc(Cl)ccc21. The van der Waals surface area contributed by atoms with E-state index in [1.807, 2.05) is 0 Å². The molecular formula is C13H12ClNO3S2. The van der Waals surface area contributed by atoms with Gasteiger partial charge in [-0.15, -0.1) is 11.3 Å².